The molecule has 0 bridgehead atoms. The normalized spacial score (nSPS) is 12.0. The Hall–Kier alpha value is -1.31. The number of primary amides is 1. The average Bonchev–Trinajstić information content (AvgIpc) is 2.36. The van der Waals surface area contributed by atoms with Crippen LogP contribution in [0.15, 0.2) is 29.3 Å². The van der Waals surface area contributed by atoms with E-state index in [9.17, 15) is 4.79 Å². The van der Waals surface area contributed by atoms with Gasteiger partial charge in [-0.05, 0) is 37.5 Å². The lowest BCUT2D eigenvalue weighted by Crippen LogP contribution is -2.35. The minimum atomic E-state index is -0.702. The third kappa shape index (κ3) is 6.33. The predicted molar refractivity (Wildman–Crippen MR) is 99.0 cm³/mol. The standard InChI is InChI=1S/C15H24N4O.HI/c1-10(2)11-6-5-7-12(8-11)19-14(17)18-9-15(3,4)13(16)20;/h5-8,10H,9H2,1-4H3,(H2,16,20)(H3,17,18,19);1H. The van der Waals surface area contributed by atoms with Gasteiger partial charge in [-0.2, -0.15) is 0 Å². The molecule has 1 amide bonds. The molecule has 0 saturated heterocycles. The highest BCUT2D eigenvalue weighted by molar-refractivity contribution is 14.0. The van der Waals surface area contributed by atoms with E-state index in [1.165, 1.54) is 5.56 Å². The van der Waals surface area contributed by atoms with Gasteiger partial charge in [0.2, 0.25) is 5.91 Å². The van der Waals surface area contributed by atoms with Crippen molar-refractivity contribution in [2.75, 3.05) is 11.9 Å². The van der Waals surface area contributed by atoms with Crippen molar-refractivity contribution in [3.63, 3.8) is 0 Å². The van der Waals surface area contributed by atoms with E-state index in [0.717, 1.165) is 5.69 Å². The Labute approximate surface area is 143 Å². The molecule has 6 heteroatoms. The second kappa shape index (κ2) is 8.21. The van der Waals surface area contributed by atoms with Crippen LogP contribution in [-0.4, -0.2) is 18.4 Å². The zero-order valence-corrected chi connectivity index (χ0v) is 15.3. The summed E-state index contributed by atoms with van der Waals surface area (Å²) in [5, 5.41) is 3.02. The molecule has 1 aromatic rings. The molecule has 1 aromatic carbocycles. The van der Waals surface area contributed by atoms with Gasteiger partial charge in [-0.3, -0.25) is 9.79 Å². The maximum absolute atomic E-state index is 11.2. The van der Waals surface area contributed by atoms with Gasteiger partial charge in [0.05, 0.1) is 12.0 Å². The number of nitrogens with one attached hydrogen (secondary N) is 1. The lowest BCUT2D eigenvalue weighted by molar-refractivity contribution is -0.125. The topological polar surface area (TPSA) is 93.5 Å². The van der Waals surface area contributed by atoms with Crippen molar-refractivity contribution in [1.29, 1.82) is 0 Å². The molecule has 0 radical (unpaired) electrons. The van der Waals surface area contributed by atoms with Crippen molar-refractivity contribution in [3.8, 4) is 0 Å². The van der Waals surface area contributed by atoms with Crippen LogP contribution >= 0.6 is 24.0 Å². The van der Waals surface area contributed by atoms with Crippen LogP contribution in [0.4, 0.5) is 5.69 Å². The van der Waals surface area contributed by atoms with E-state index in [-0.39, 0.29) is 36.5 Å². The van der Waals surface area contributed by atoms with Gasteiger partial charge in [-0.25, -0.2) is 0 Å². The van der Waals surface area contributed by atoms with Crippen LogP contribution in [0, 0.1) is 5.41 Å². The fraction of sp³-hybridized carbons (Fsp3) is 0.467. The summed E-state index contributed by atoms with van der Waals surface area (Å²) in [6.07, 6.45) is 0. The molecule has 0 aliphatic heterocycles. The SMILES string of the molecule is CC(C)c1cccc(NC(N)=NCC(C)(C)C(N)=O)c1.I. The molecular formula is C15H25IN4O. The first kappa shape index (κ1) is 19.7. The predicted octanol–water partition coefficient (Wildman–Crippen LogP) is 2.67. The molecule has 0 spiro atoms. The summed E-state index contributed by atoms with van der Waals surface area (Å²) in [4.78, 5) is 15.4. The molecule has 1 rings (SSSR count). The molecule has 5 nitrogen and oxygen atoms in total. The van der Waals surface area contributed by atoms with Crippen LogP contribution in [0.1, 0.15) is 39.2 Å². The number of rotatable bonds is 5. The van der Waals surface area contributed by atoms with Gasteiger partial charge in [0.15, 0.2) is 5.96 Å². The van der Waals surface area contributed by atoms with E-state index in [2.05, 4.69) is 30.2 Å². The quantitative estimate of drug-likeness (QED) is 0.400. The van der Waals surface area contributed by atoms with Crippen LogP contribution in [0.2, 0.25) is 0 Å². The molecule has 0 atom stereocenters. The number of hydrogen-bond acceptors (Lipinski definition) is 2. The number of aliphatic imine (C=N–C) groups is 1. The van der Waals surface area contributed by atoms with Gasteiger partial charge >= 0.3 is 0 Å². The summed E-state index contributed by atoms with van der Waals surface area (Å²) in [6, 6.07) is 8.00. The van der Waals surface area contributed by atoms with E-state index in [1.54, 1.807) is 13.8 Å². The number of amides is 1. The van der Waals surface area contributed by atoms with Gasteiger partial charge in [-0.15, -0.1) is 24.0 Å². The van der Waals surface area contributed by atoms with Crippen LogP contribution in [0.5, 0.6) is 0 Å². The maximum Gasteiger partial charge on any atom is 0.224 e. The number of hydrogen-bond donors (Lipinski definition) is 3. The zero-order chi connectivity index (χ0) is 15.3. The molecule has 118 valence electrons. The summed E-state index contributed by atoms with van der Waals surface area (Å²) in [5.74, 6) is 0.333. The molecule has 0 unspecified atom stereocenters. The van der Waals surface area contributed by atoms with Crippen molar-refractivity contribution in [2.45, 2.75) is 33.6 Å². The van der Waals surface area contributed by atoms with Crippen molar-refractivity contribution in [3.05, 3.63) is 29.8 Å². The van der Waals surface area contributed by atoms with Gasteiger partial charge in [-0.1, -0.05) is 26.0 Å². The molecule has 0 fully saturated rings. The lowest BCUT2D eigenvalue weighted by atomic mass is 9.93. The van der Waals surface area contributed by atoms with Crippen molar-refractivity contribution >= 4 is 41.5 Å². The number of nitrogens with zero attached hydrogens (tertiary/aromatic N) is 1. The van der Waals surface area contributed by atoms with E-state index < -0.39 is 11.3 Å². The minimum Gasteiger partial charge on any atom is -0.370 e. The van der Waals surface area contributed by atoms with Crippen LogP contribution in [0.3, 0.4) is 0 Å². The second-order valence-electron chi connectivity index (χ2n) is 5.85. The van der Waals surface area contributed by atoms with Crippen LogP contribution in [-0.2, 0) is 4.79 Å². The molecule has 0 aliphatic carbocycles. The first-order valence-corrected chi connectivity index (χ1v) is 6.69. The Bertz CT molecular complexity index is 512. The summed E-state index contributed by atoms with van der Waals surface area (Å²) < 4.78 is 0. The monoisotopic (exact) mass is 404 g/mol. The highest BCUT2D eigenvalue weighted by atomic mass is 127. The number of carbonyl (C=O) groups excluding carboxylic acids is 1. The zero-order valence-electron chi connectivity index (χ0n) is 13.0. The Morgan fingerprint density at radius 2 is 1.95 bits per heavy atom. The summed E-state index contributed by atoms with van der Waals surface area (Å²) in [5.41, 5.74) is 12.5. The van der Waals surface area contributed by atoms with Gasteiger partial charge in [0.1, 0.15) is 0 Å². The van der Waals surface area contributed by atoms with E-state index in [1.807, 2.05) is 18.2 Å². The Morgan fingerprint density at radius 1 is 1.33 bits per heavy atom. The maximum atomic E-state index is 11.2. The highest BCUT2D eigenvalue weighted by Gasteiger charge is 2.24. The number of nitrogens with two attached hydrogens (primary N) is 2. The third-order valence-corrected chi connectivity index (χ3v) is 3.14. The molecule has 0 saturated carbocycles. The van der Waals surface area contributed by atoms with E-state index >= 15 is 0 Å². The minimum absolute atomic E-state index is 0. The average molecular weight is 404 g/mol. The third-order valence-electron chi connectivity index (χ3n) is 3.14. The highest BCUT2D eigenvalue weighted by Crippen LogP contribution is 2.18. The van der Waals surface area contributed by atoms with Crippen molar-refractivity contribution in [1.82, 2.24) is 0 Å². The van der Waals surface area contributed by atoms with Gasteiger partial charge in [0.25, 0.3) is 0 Å². The number of carbonyl (C=O) groups is 1. The van der Waals surface area contributed by atoms with Crippen LogP contribution in [0.25, 0.3) is 0 Å². The number of halogens is 1. The number of guanidine groups is 1. The molecule has 21 heavy (non-hydrogen) atoms. The molecule has 0 heterocycles. The van der Waals surface area contributed by atoms with Crippen LogP contribution < -0.4 is 16.8 Å². The van der Waals surface area contributed by atoms with E-state index in [4.69, 9.17) is 11.5 Å². The molecule has 0 aromatic heterocycles. The fourth-order valence-corrected chi connectivity index (χ4v) is 1.52. The summed E-state index contributed by atoms with van der Waals surface area (Å²) >= 11 is 0. The fourth-order valence-electron chi connectivity index (χ4n) is 1.52. The summed E-state index contributed by atoms with van der Waals surface area (Å²) in [7, 11) is 0. The molecule has 0 aliphatic rings. The molecule has 5 N–H and O–H groups in total. The molecular weight excluding hydrogens is 379 g/mol. The van der Waals surface area contributed by atoms with Crippen molar-refractivity contribution < 1.29 is 4.79 Å². The first-order chi connectivity index (χ1) is 9.22. The van der Waals surface area contributed by atoms with Gasteiger partial charge < -0.3 is 16.8 Å². The second-order valence-corrected chi connectivity index (χ2v) is 5.85. The number of benzene rings is 1. The summed E-state index contributed by atoms with van der Waals surface area (Å²) in [6.45, 7) is 8.00. The Kier molecular flexibility index (Phi) is 7.70. The lowest BCUT2D eigenvalue weighted by Gasteiger charge is -2.17. The Balaban J connectivity index is 0.00000400. The van der Waals surface area contributed by atoms with Gasteiger partial charge in [0, 0.05) is 5.69 Å². The smallest absolute Gasteiger partial charge is 0.224 e. The number of anilines is 1. The van der Waals surface area contributed by atoms with Crippen molar-refractivity contribution in [2.24, 2.45) is 21.9 Å². The van der Waals surface area contributed by atoms with E-state index in [0.29, 0.717) is 5.92 Å². The largest absolute Gasteiger partial charge is 0.370 e. The Morgan fingerprint density at radius 3 is 2.48 bits per heavy atom. The first-order valence-electron chi connectivity index (χ1n) is 6.69.